The zero-order valence-electron chi connectivity index (χ0n) is 26.1. The molecule has 0 unspecified atom stereocenters. The van der Waals surface area contributed by atoms with Crippen LogP contribution in [-0.2, 0) is 25.8 Å². The summed E-state index contributed by atoms with van der Waals surface area (Å²) in [6.45, 7) is 6.37. The predicted molar refractivity (Wildman–Crippen MR) is 170 cm³/mol. The first-order valence-corrected chi connectivity index (χ1v) is 15.8. The number of methoxy groups -OCH3 is 2. The zero-order valence-corrected chi connectivity index (χ0v) is 26.9. The number of fused-ring (bicyclic) bond motifs is 1. The molecule has 0 aliphatic rings. The minimum atomic E-state index is -3.70. The smallest absolute Gasteiger partial charge is 0.414 e. The molecule has 0 spiro atoms. The van der Waals surface area contributed by atoms with E-state index in [-0.39, 0.29) is 10.8 Å². The second kappa shape index (κ2) is 16.0. The second-order valence-electron chi connectivity index (χ2n) is 10.6. The van der Waals surface area contributed by atoms with Crippen LogP contribution in [0.1, 0.15) is 37.3 Å². The van der Waals surface area contributed by atoms with E-state index in [1.807, 2.05) is 50.2 Å². The maximum Gasteiger partial charge on any atom is 0.414 e. The van der Waals surface area contributed by atoms with E-state index >= 15 is 0 Å². The van der Waals surface area contributed by atoms with Gasteiger partial charge in [0, 0.05) is 24.8 Å². The third-order valence-electron chi connectivity index (χ3n) is 7.04. The number of sulfone groups is 1. The number of carbonyl (C=O) groups is 2. The molecule has 12 heteroatoms. The quantitative estimate of drug-likeness (QED) is 0.151. The van der Waals surface area contributed by atoms with Crippen LogP contribution in [0.25, 0.3) is 5.52 Å². The van der Waals surface area contributed by atoms with Crippen LogP contribution in [-0.4, -0.2) is 80.8 Å². The van der Waals surface area contributed by atoms with E-state index in [1.54, 1.807) is 49.1 Å². The lowest BCUT2D eigenvalue weighted by atomic mass is 10.1. The van der Waals surface area contributed by atoms with Crippen LogP contribution in [0.5, 0.6) is 17.2 Å². The number of benzene rings is 2. The molecule has 0 aliphatic carbocycles. The Morgan fingerprint density at radius 1 is 0.889 bits per heavy atom. The summed E-state index contributed by atoms with van der Waals surface area (Å²) < 4.78 is 45.6. The molecule has 2 aromatic carbocycles. The van der Waals surface area contributed by atoms with Gasteiger partial charge in [-0.15, -0.1) is 0 Å². The fraction of sp³-hybridized carbons (Fsp3) is 0.333. The number of aromatic nitrogens is 1. The van der Waals surface area contributed by atoms with E-state index < -0.39 is 21.8 Å². The number of hydrogen-bond donors (Lipinski definition) is 2. The maximum absolute atomic E-state index is 13.6. The van der Waals surface area contributed by atoms with Crippen molar-refractivity contribution in [2.75, 3.05) is 41.0 Å². The van der Waals surface area contributed by atoms with Crippen molar-refractivity contribution in [3.63, 3.8) is 0 Å². The van der Waals surface area contributed by atoms with Crippen molar-refractivity contribution in [2.24, 2.45) is 0 Å². The summed E-state index contributed by atoms with van der Waals surface area (Å²) in [4.78, 5) is 20.7. The Kier molecular flexibility index (Phi) is 12.4. The number of carboxylic acid groups (broad SMARTS) is 2. The van der Waals surface area contributed by atoms with E-state index in [4.69, 9.17) is 34.0 Å². The van der Waals surface area contributed by atoms with Crippen molar-refractivity contribution >= 4 is 27.3 Å². The average molecular weight is 641 g/mol. The molecule has 0 atom stereocenters. The van der Waals surface area contributed by atoms with E-state index in [2.05, 4.69) is 18.0 Å². The zero-order chi connectivity index (χ0) is 33.1. The predicted octanol–water partition coefficient (Wildman–Crippen LogP) is 5.01. The van der Waals surface area contributed by atoms with Crippen molar-refractivity contribution in [3.05, 3.63) is 84.1 Å². The number of carboxylic acids is 2. The van der Waals surface area contributed by atoms with E-state index in [9.17, 15) is 8.42 Å². The van der Waals surface area contributed by atoms with Crippen LogP contribution in [0.15, 0.2) is 82.8 Å². The Labute approximate surface area is 263 Å². The van der Waals surface area contributed by atoms with Gasteiger partial charge in [0.25, 0.3) is 0 Å². The summed E-state index contributed by atoms with van der Waals surface area (Å²) in [5.74, 6) is -1.44. The van der Waals surface area contributed by atoms with Gasteiger partial charge in [-0.2, -0.15) is 0 Å². The molecular formula is C33H40N2O9S. The van der Waals surface area contributed by atoms with Crippen LogP contribution in [0, 0.1) is 0 Å². The summed E-state index contributed by atoms with van der Waals surface area (Å²) in [5, 5.41) is 15.1. The van der Waals surface area contributed by atoms with Gasteiger partial charge in [0.2, 0.25) is 9.84 Å². The molecule has 2 N–H and O–H groups in total. The second-order valence-corrected chi connectivity index (χ2v) is 12.4. The Balaban J connectivity index is 0.000000838. The van der Waals surface area contributed by atoms with Crippen LogP contribution in [0.4, 0.5) is 0 Å². The van der Waals surface area contributed by atoms with Crippen LogP contribution in [0.2, 0.25) is 0 Å². The number of nitrogens with zero attached hydrogens (tertiary/aromatic N) is 2. The molecule has 4 aromatic rings. The number of hydrogen-bond acceptors (Lipinski definition) is 8. The van der Waals surface area contributed by atoms with Gasteiger partial charge < -0.3 is 33.7 Å². The standard InChI is InChI=1S/C31H38N2O5S.C2H2O4/c1-23(2)28-22-25-9-6-7-18-33(25)31(28)39(34,35)27-13-11-26(12-14-27)38-20-8-17-32(3)19-16-24-10-15-29(36-4)30(21-24)37-5;3-1(4)2(5)6/h6-7,9-15,18,21-23H,8,16-17,19-20H2,1-5H3;(H,3,4)(H,5,6). The first kappa shape index (κ1) is 34.9. The minimum absolute atomic E-state index is 0.0782. The fourth-order valence-corrected chi connectivity index (χ4v) is 6.38. The Morgan fingerprint density at radius 2 is 1.56 bits per heavy atom. The number of likely N-dealkylation sites (N-methyl/N-ethyl adjacent to an activating group) is 1. The fourth-order valence-electron chi connectivity index (χ4n) is 4.64. The lowest BCUT2D eigenvalue weighted by Gasteiger charge is -2.17. The number of aliphatic carboxylic acids is 2. The molecule has 2 aromatic heterocycles. The summed E-state index contributed by atoms with van der Waals surface area (Å²) in [5.41, 5.74) is 2.88. The molecule has 0 bridgehead atoms. The number of rotatable bonds is 13. The summed E-state index contributed by atoms with van der Waals surface area (Å²) in [6.07, 6.45) is 3.57. The Bertz CT molecular complexity index is 1690. The minimum Gasteiger partial charge on any atom is -0.494 e. The molecule has 45 heavy (non-hydrogen) atoms. The maximum atomic E-state index is 13.6. The molecule has 0 saturated heterocycles. The first-order valence-electron chi connectivity index (χ1n) is 14.3. The Hall–Kier alpha value is -4.55. The van der Waals surface area contributed by atoms with E-state index in [1.165, 1.54) is 5.56 Å². The summed E-state index contributed by atoms with van der Waals surface area (Å²) in [7, 11) is 1.67. The molecule has 0 aliphatic heterocycles. The highest BCUT2D eigenvalue weighted by Crippen LogP contribution is 2.32. The topological polar surface area (TPSA) is 144 Å². The highest BCUT2D eigenvalue weighted by Gasteiger charge is 2.27. The molecule has 0 saturated carbocycles. The SMILES string of the molecule is COc1ccc(CCN(C)CCCOc2ccc(S(=O)(=O)c3c(C(C)C)cc4ccccn34)cc2)cc1OC.O=C(O)C(=O)O. The highest BCUT2D eigenvalue weighted by molar-refractivity contribution is 7.91. The molecular weight excluding hydrogens is 600 g/mol. The van der Waals surface area contributed by atoms with Gasteiger partial charge in [-0.1, -0.05) is 26.0 Å². The Morgan fingerprint density at radius 3 is 2.16 bits per heavy atom. The first-order chi connectivity index (χ1) is 21.4. The summed E-state index contributed by atoms with van der Waals surface area (Å²) >= 11 is 0. The van der Waals surface area contributed by atoms with Crippen molar-refractivity contribution in [1.29, 1.82) is 0 Å². The van der Waals surface area contributed by atoms with Gasteiger partial charge in [-0.3, -0.25) is 0 Å². The van der Waals surface area contributed by atoms with Crippen LogP contribution >= 0.6 is 0 Å². The van der Waals surface area contributed by atoms with E-state index in [0.29, 0.717) is 17.4 Å². The van der Waals surface area contributed by atoms with Gasteiger partial charge in [0.05, 0.1) is 25.7 Å². The normalized spacial score (nSPS) is 11.3. The third kappa shape index (κ3) is 9.22. The lowest BCUT2D eigenvalue weighted by molar-refractivity contribution is -0.159. The van der Waals surface area contributed by atoms with Crippen molar-refractivity contribution in [1.82, 2.24) is 9.30 Å². The molecule has 2 heterocycles. The molecule has 242 valence electrons. The lowest BCUT2D eigenvalue weighted by Crippen LogP contribution is -2.23. The van der Waals surface area contributed by atoms with Gasteiger partial charge in [0.1, 0.15) is 10.8 Å². The largest absolute Gasteiger partial charge is 0.494 e. The van der Waals surface area contributed by atoms with Gasteiger partial charge in [-0.25, -0.2) is 18.0 Å². The molecule has 11 nitrogen and oxygen atoms in total. The van der Waals surface area contributed by atoms with E-state index in [0.717, 1.165) is 48.5 Å². The third-order valence-corrected chi connectivity index (χ3v) is 8.87. The highest BCUT2D eigenvalue weighted by atomic mass is 32.2. The summed E-state index contributed by atoms with van der Waals surface area (Å²) in [6, 6.07) is 20.4. The van der Waals surface area contributed by atoms with Gasteiger partial charge >= 0.3 is 11.9 Å². The average Bonchev–Trinajstić information content (AvgIpc) is 3.43. The van der Waals surface area contributed by atoms with Crippen molar-refractivity contribution in [2.45, 2.75) is 42.5 Å². The number of ether oxygens (including phenoxy) is 3. The van der Waals surface area contributed by atoms with Crippen molar-refractivity contribution < 1.29 is 42.4 Å². The molecule has 0 fully saturated rings. The molecule has 0 amide bonds. The number of pyridine rings is 1. The monoisotopic (exact) mass is 640 g/mol. The van der Waals surface area contributed by atoms with Crippen molar-refractivity contribution in [3.8, 4) is 17.2 Å². The van der Waals surface area contributed by atoms with Crippen LogP contribution < -0.4 is 14.2 Å². The van der Waals surface area contributed by atoms with Gasteiger partial charge in [0.15, 0.2) is 11.5 Å². The molecule has 0 radical (unpaired) electrons. The molecule has 4 rings (SSSR count). The van der Waals surface area contributed by atoms with Crippen LogP contribution in [0.3, 0.4) is 0 Å². The van der Waals surface area contributed by atoms with Gasteiger partial charge in [-0.05, 0) is 91.5 Å².